The number of nitrogens with one attached hydrogen (secondary N) is 1. The Morgan fingerprint density at radius 3 is 2.92 bits per heavy atom. The molecule has 24 heavy (non-hydrogen) atoms. The smallest absolute Gasteiger partial charge is 0.292 e. The summed E-state index contributed by atoms with van der Waals surface area (Å²) in [5.41, 5.74) is 2.93. The Morgan fingerprint density at radius 2 is 2.21 bits per heavy atom. The molecule has 5 nitrogen and oxygen atoms in total. The van der Waals surface area contributed by atoms with Crippen LogP contribution in [0, 0.1) is 6.92 Å². The molecule has 0 aliphatic heterocycles. The first-order valence-electron chi connectivity index (χ1n) is 8.49. The molecule has 1 aliphatic rings. The molecule has 1 amide bonds. The van der Waals surface area contributed by atoms with E-state index in [9.17, 15) is 4.79 Å². The average molecular weight is 323 g/mol. The van der Waals surface area contributed by atoms with E-state index in [-0.39, 0.29) is 5.91 Å². The highest BCUT2D eigenvalue weighted by atomic mass is 16.4. The van der Waals surface area contributed by atoms with Crippen LogP contribution in [-0.2, 0) is 13.0 Å². The standard InChI is InChI=1S/C19H21N3O2/c1-3-17-21-12(2)18(24-17)19(23)22(15-5-6-15)11-13-4-7-16-14(10-13)8-9-20-16/h4,7-10,15,20H,3,5-6,11H2,1-2H3. The van der Waals surface area contributed by atoms with E-state index in [4.69, 9.17) is 4.42 Å². The number of H-pyrrole nitrogens is 1. The molecule has 0 spiro atoms. The third-order valence-corrected chi connectivity index (χ3v) is 4.56. The first kappa shape index (κ1) is 15.0. The second kappa shape index (κ2) is 5.82. The van der Waals surface area contributed by atoms with Gasteiger partial charge in [-0.25, -0.2) is 4.98 Å². The SMILES string of the molecule is CCc1nc(C)c(C(=O)N(Cc2ccc3[nH]ccc3c2)C2CC2)o1. The number of oxazole rings is 1. The van der Waals surface area contributed by atoms with Crippen LogP contribution in [0.1, 0.15) is 47.5 Å². The van der Waals surface area contributed by atoms with Crippen LogP contribution in [0.2, 0.25) is 0 Å². The minimum absolute atomic E-state index is 0.0450. The second-order valence-corrected chi connectivity index (χ2v) is 6.44. The van der Waals surface area contributed by atoms with E-state index in [0.717, 1.165) is 23.9 Å². The van der Waals surface area contributed by atoms with E-state index >= 15 is 0 Å². The van der Waals surface area contributed by atoms with Gasteiger partial charge < -0.3 is 14.3 Å². The van der Waals surface area contributed by atoms with Gasteiger partial charge in [0.1, 0.15) is 0 Å². The van der Waals surface area contributed by atoms with Crippen molar-refractivity contribution in [2.45, 2.75) is 45.7 Å². The van der Waals surface area contributed by atoms with Crippen LogP contribution in [-0.4, -0.2) is 26.8 Å². The lowest BCUT2D eigenvalue weighted by Gasteiger charge is -2.21. The quantitative estimate of drug-likeness (QED) is 0.776. The van der Waals surface area contributed by atoms with Crippen molar-refractivity contribution in [1.29, 1.82) is 0 Å². The van der Waals surface area contributed by atoms with Gasteiger partial charge in [-0.1, -0.05) is 13.0 Å². The van der Waals surface area contributed by atoms with Crippen molar-refractivity contribution in [3.05, 3.63) is 53.4 Å². The van der Waals surface area contributed by atoms with Crippen LogP contribution in [0.5, 0.6) is 0 Å². The number of aromatic nitrogens is 2. The van der Waals surface area contributed by atoms with Crippen molar-refractivity contribution in [3.63, 3.8) is 0 Å². The first-order valence-corrected chi connectivity index (χ1v) is 8.49. The molecule has 1 saturated carbocycles. The predicted molar refractivity (Wildman–Crippen MR) is 91.8 cm³/mol. The summed E-state index contributed by atoms with van der Waals surface area (Å²) in [4.78, 5) is 22.4. The number of nitrogens with zero attached hydrogens (tertiary/aromatic N) is 2. The minimum atomic E-state index is -0.0450. The molecule has 0 bridgehead atoms. The number of rotatable bonds is 5. The molecule has 1 aliphatic carbocycles. The molecule has 1 aromatic carbocycles. The summed E-state index contributed by atoms with van der Waals surface area (Å²) in [5, 5.41) is 1.17. The van der Waals surface area contributed by atoms with E-state index in [0.29, 0.717) is 36.4 Å². The van der Waals surface area contributed by atoms with Gasteiger partial charge in [-0.2, -0.15) is 0 Å². The van der Waals surface area contributed by atoms with Crippen molar-refractivity contribution in [3.8, 4) is 0 Å². The van der Waals surface area contributed by atoms with Gasteiger partial charge in [-0.05, 0) is 48.9 Å². The predicted octanol–water partition coefficient (Wildman–Crippen LogP) is 3.83. The molecular formula is C19H21N3O2. The highest BCUT2D eigenvalue weighted by Crippen LogP contribution is 2.31. The molecule has 1 fully saturated rings. The zero-order valence-corrected chi connectivity index (χ0v) is 14.0. The van der Waals surface area contributed by atoms with Crippen molar-refractivity contribution >= 4 is 16.8 Å². The lowest BCUT2D eigenvalue weighted by atomic mass is 10.1. The maximum absolute atomic E-state index is 13.0. The molecule has 2 aromatic heterocycles. The summed E-state index contributed by atoms with van der Waals surface area (Å²) in [6, 6.07) is 8.64. The fourth-order valence-corrected chi connectivity index (χ4v) is 3.08. The normalized spacial score (nSPS) is 14.2. The van der Waals surface area contributed by atoms with Crippen LogP contribution in [0.25, 0.3) is 10.9 Å². The Bertz CT molecular complexity index is 889. The molecule has 3 aromatic rings. The van der Waals surface area contributed by atoms with E-state index in [2.05, 4.69) is 34.2 Å². The van der Waals surface area contributed by atoms with Crippen LogP contribution < -0.4 is 0 Å². The second-order valence-electron chi connectivity index (χ2n) is 6.44. The Balaban J connectivity index is 1.61. The summed E-state index contributed by atoms with van der Waals surface area (Å²) in [6.45, 7) is 4.42. The number of aromatic amines is 1. The molecule has 0 unspecified atom stereocenters. The summed E-state index contributed by atoms with van der Waals surface area (Å²) < 4.78 is 5.67. The van der Waals surface area contributed by atoms with Crippen LogP contribution >= 0.6 is 0 Å². The first-order chi connectivity index (χ1) is 11.7. The van der Waals surface area contributed by atoms with Crippen molar-refractivity contribution in [2.75, 3.05) is 0 Å². The van der Waals surface area contributed by atoms with Gasteiger partial charge in [0, 0.05) is 30.7 Å². The van der Waals surface area contributed by atoms with E-state index in [1.807, 2.05) is 24.9 Å². The fourth-order valence-electron chi connectivity index (χ4n) is 3.08. The maximum atomic E-state index is 13.0. The summed E-state index contributed by atoms with van der Waals surface area (Å²) in [7, 11) is 0. The molecule has 5 heteroatoms. The molecule has 0 radical (unpaired) electrons. The van der Waals surface area contributed by atoms with E-state index < -0.39 is 0 Å². The van der Waals surface area contributed by atoms with Crippen LogP contribution in [0.4, 0.5) is 0 Å². The Kier molecular flexibility index (Phi) is 3.63. The molecule has 2 heterocycles. The van der Waals surface area contributed by atoms with Crippen molar-refractivity contribution < 1.29 is 9.21 Å². The molecular weight excluding hydrogens is 302 g/mol. The van der Waals surface area contributed by atoms with Gasteiger partial charge in [0.2, 0.25) is 5.76 Å². The largest absolute Gasteiger partial charge is 0.435 e. The van der Waals surface area contributed by atoms with Crippen LogP contribution in [0.15, 0.2) is 34.9 Å². The monoisotopic (exact) mass is 323 g/mol. The van der Waals surface area contributed by atoms with Gasteiger partial charge in [0.15, 0.2) is 5.89 Å². The Hall–Kier alpha value is -2.56. The molecule has 0 saturated heterocycles. The zero-order chi connectivity index (χ0) is 16.7. The topological polar surface area (TPSA) is 62.1 Å². The van der Waals surface area contributed by atoms with Crippen molar-refractivity contribution in [1.82, 2.24) is 14.9 Å². The third kappa shape index (κ3) is 2.70. The number of hydrogen-bond donors (Lipinski definition) is 1. The lowest BCUT2D eigenvalue weighted by molar-refractivity contribution is 0.0694. The number of carbonyl (C=O) groups excluding carboxylic acids is 1. The number of hydrogen-bond acceptors (Lipinski definition) is 3. The van der Waals surface area contributed by atoms with Gasteiger partial charge >= 0.3 is 0 Å². The number of aryl methyl sites for hydroxylation is 2. The van der Waals surface area contributed by atoms with Gasteiger partial charge in [0.25, 0.3) is 5.91 Å². The highest BCUT2D eigenvalue weighted by molar-refractivity contribution is 5.93. The molecule has 4 rings (SSSR count). The lowest BCUT2D eigenvalue weighted by Crippen LogP contribution is -2.32. The third-order valence-electron chi connectivity index (χ3n) is 4.56. The Labute approximate surface area is 140 Å². The molecule has 124 valence electrons. The van der Waals surface area contributed by atoms with Crippen LogP contribution in [0.3, 0.4) is 0 Å². The van der Waals surface area contributed by atoms with E-state index in [1.54, 1.807) is 0 Å². The van der Waals surface area contributed by atoms with E-state index in [1.165, 1.54) is 5.39 Å². The number of amides is 1. The Morgan fingerprint density at radius 1 is 1.38 bits per heavy atom. The highest BCUT2D eigenvalue weighted by Gasteiger charge is 2.35. The number of benzene rings is 1. The number of carbonyl (C=O) groups is 1. The molecule has 0 atom stereocenters. The summed E-state index contributed by atoms with van der Waals surface area (Å²) in [6.07, 6.45) is 4.75. The summed E-state index contributed by atoms with van der Waals surface area (Å²) >= 11 is 0. The number of fused-ring (bicyclic) bond motifs is 1. The minimum Gasteiger partial charge on any atom is -0.435 e. The van der Waals surface area contributed by atoms with Gasteiger partial charge in [-0.15, -0.1) is 0 Å². The molecule has 1 N–H and O–H groups in total. The fraction of sp³-hybridized carbons (Fsp3) is 0.368. The zero-order valence-electron chi connectivity index (χ0n) is 14.0. The van der Waals surface area contributed by atoms with Gasteiger partial charge in [-0.3, -0.25) is 4.79 Å². The van der Waals surface area contributed by atoms with Crippen molar-refractivity contribution in [2.24, 2.45) is 0 Å². The average Bonchev–Trinajstić information content (AvgIpc) is 3.19. The van der Waals surface area contributed by atoms with Gasteiger partial charge in [0.05, 0.1) is 5.69 Å². The summed E-state index contributed by atoms with van der Waals surface area (Å²) in [5.74, 6) is 0.971. The maximum Gasteiger partial charge on any atom is 0.292 e.